The van der Waals surface area contributed by atoms with Crippen LogP contribution in [-0.4, -0.2) is 27.4 Å². The molecule has 4 nitrogen and oxygen atoms in total. The molecule has 0 radical (unpaired) electrons. The van der Waals surface area contributed by atoms with E-state index in [1.165, 1.54) is 0 Å². The first-order valence-corrected chi connectivity index (χ1v) is 5.17. The third-order valence-corrected chi connectivity index (χ3v) is 2.35. The van der Waals surface area contributed by atoms with Crippen LogP contribution in [0.1, 0.15) is 12.5 Å². The van der Waals surface area contributed by atoms with Gasteiger partial charge in [0, 0.05) is 11.6 Å². The second-order valence-electron chi connectivity index (χ2n) is 3.66. The Balaban J connectivity index is 3.25. The van der Waals surface area contributed by atoms with E-state index in [9.17, 15) is 0 Å². The number of nitrogens with two attached hydrogens (primary N) is 1. The highest BCUT2D eigenvalue weighted by Gasteiger charge is 2.16. The zero-order chi connectivity index (χ0) is 12.1. The minimum absolute atomic E-state index is 0.0370. The van der Waals surface area contributed by atoms with E-state index in [0.717, 1.165) is 11.3 Å². The van der Waals surface area contributed by atoms with Gasteiger partial charge >= 0.3 is 0 Å². The molecule has 0 amide bonds. The summed E-state index contributed by atoms with van der Waals surface area (Å²) in [5.41, 5.74) is 6.76. The number of methoxy groups -OCH3 is 3. The first-order valence-electron chi connectivity index (χ1n) is 5.17. The summed E-state index contributed by atoms with van der Waals surface area (Å²) in [6.45, 7) is 1.94. The van der Waals surface area contributed by atoms with E-state index in [-0.39, 0.29) is 6.04 Å². The highest BCUT2D eigenvalue weighted by atomic mass is 16.5. The third-order valence-electron chi connectivity index (χ3n) is 2.35. The van der Waals surface area contributed by atoms with Crippen LogP contribution in [-0.2, 0) is 6.42 Å². The van der Waals surface area contributed by atoms with Gasteiger partial charge in [-0.05, 0) is 25.5 Å². The molecule has 0 aliphatic carbocycles. The van der Waals surface area contributed by atoms with Crippen LogP contribution in [0.2, 0.25) is 0 Å². The van der Waals surface area contributed by atoms with Crippen molar-refractivity contribution in [2.45, 2.75) is 19.4 Å². The van der Waals surface area contributed by atoms with Crippen molar-refractivity contribution in [2.24, 2.45) is 5.73 Å². The Morgan fingerprint density at radius 3 is 2.06 bits per heavy atom. The van der Waals surface area contributed by atoms with Crippen molar-refractivity contribution >= 4 is 0 Å². The van der Waals surface area contributed by atoms with E-state index >= 15 is 0 Å². The molecule has 4 heteroatoms. The van der Waals surface area contributed by atoms with E-state index < -0.39 is 0 Å². The van der Waals surface area contributed by atoms with Crippen LogP contribution in [0.15, 0.2) is 12.1 Å². The van der Waals surface area contributed by atoms with Gasteiger partial charge in [0.15, 0.2) is 11.5 Å². The Hall–Kier alpha value is -1.42. The molecule has 90 valence electrons. The van der Waals surface area contributed by atoms with Crippen LogP contribution in [0.5, 0.6) is 17.2 Å². The summed E-state index contributed by atoms with van der Waals surface area (Å²) in [5, 5.41) is 0. The van der Waals surface area contributed by atoms with E-state index in [4.69, 9.17) is 19.9 Å². The van der Waals surface area contributed by atoms with Gasteiger partial charge in [-0.2, -0.15) is 0 Å². The van der Waals surface area contributed by atoms with Gasteiger partial charge in [0.05, 0.1) is 21.3 Å². The molecule has 0 aliphatic rings. The molecule has 1 aromatic carbocycles. The quantitative estimate of drug-likeness (QED) is 0.828. The molecular formula is C12H19NO3. The monoisotopic (exact) mass is 226 g/mol. The van der Waals surface area contributed by atoms with Crippen molar-refractivity contribution in [3.63, 3.8) is 0 Å². The van der Waals surface area contributed by atoms with Crippen molar-refractivity contribution in [1.82, 2.24) is 0 Å². The maximum atomic E-state index is 5.81. The molecule has 0 aliphatic heterocycles. The Morgan fingerprint density at radius 2 is 1.62 bits per heavy atom. The predicted molar refractivity (Wildman–Crippen MR) is 63.5 cm³/mol. The van der Waals surface area contributed by atoms with Crippen LogP contribution in [0.3, 0.4) is 0 Å². The fourth-order valence-corrected chi connectivity index (χ4v) is 1.68. The van der Waals surface area contributed by atoms with Crippen LogP contribution < -0.4 is 19.9 Å². The molecule has 16 heavy (non-hydrogen) atoms. The number of hydrogen-bond donors (Lipinski definition) is 1. The van der Waals surface area contributed by atoms with Crippen molar-refractivity contribution in [3.8, 4) is 17.2 Å². The molecule has 0 aromatic heterocycles. The minimum Gasteiger partial charge on any atom is -0.496 e. The molecule has 0 saturated heterocycles. The van der Waals surface area contributed by atoms with Crippen molar-refractivity contribution in [3.05, 3.63) is 17.7 Å². The first-order chi connectivity index (χ1) is 7.63. The highest BCUT2D eigenvalue weighted by molar-refractivity contribution is 5.54. The standard InChI is InChI=1S/C12H19NO3/c1-8(13)7-9-10(14-2)5-6-11(15-3)12(9)16-4/h5-6,8H,7,13H2,1-4H3/i10+1. The molecule has 1 atom stereocenters. The van der Waals surface area contributed by atoms with Gasteiger partial charge in [0.2, 0.25) is 0 Å². The summed E-state index contributed by atoms with van der Waals surface area (Å²) < 4.78 is 15.9. The van der Waals surface area contributed by atoms with Gasteiger partial charge < -0.3 is 19.9 Å². The van der Waals surface area contributed by atoms with Crippen molar-refractivity contribution in [2.75, 3.05) is 21.3 Å². The normalized spacial score (nSPS) is 12.1. The molecule has 0 heterocycles. The average molecular weight is 226 g/mol. The second-order valence-corrected chi connectivity index (χ2v) is 3.66. The average Bonchev–Trinajstić information content (AvgIpc) is 2.27. The molecule has 0 spiro atoms. The van der Waals surface area contributed by atoms with Gasteiger partial charge in [-0.1, -0.05) is 0 Å². The van der Waals surface area contributed by atoms with Gasteiger partial charge in [0.25, 0.3) is 0 Å². The Morgan fingerprint density at radius 1 is 1.06 bits per heavy atom. The fourth-order valence-electron chi connectivity index (χ4n) is 1.68. The largest absolute Gasteiger partial charge is 0.496 e. The van der Waals surface area contributed by atoms with Gasteiger partial charge in [0.1, 0.15) is 5.75 Å². The minimum atomic E-state index is 0.0370. The molecule has 1 unspecified atom stereocenters. The lowest BCUT2D eigenvalue weighted by molar-refractivity contribution is 0.342. The fraction of sp³-hybridized carbons (Fsp3) is 0.500. The van der Waals surface area contributed by atoms with Crippen LogP contribution >= 0.6 is 0 Å². The molecule has 1 rings (SSSR count). The molecule has 0 fully saturated rings. The maximum absolute atomic E-state index is 5.81. The molecule has 1 aromatic rings. The zero-order valence-corrected chi connectivity index (χ0v) is 10.2. The summed E-state index contributed by atoms with van der Waals surface area (Å²) in [6, 6.07) is 3.72. The van der Waals surface area contributed by atoms with E-state index in [0.29, 0.717) is 17.9 Å². The molecular weight excluding hydrogens is 207 g/mol. The predicted octanol–water partition coefficient (Wildman–Crippen LogP) is 1.60. The lowest BCUT2D eigenvalue weighted by Crippen LogP contribution is -2.18. The Kier molecular flexibility index (Phi) is 4.43. The number of rotatable bonds is 5. The Labute approximate surface area is 96.3 Å². The zero-order valence-electron chi connectivity index (χ0n) is 10.2. The number of hydrogen-bond acceptors (Lipinski definition) is 4. The van der Waals surface area contributed by atoms with Crippen molar-refractivity contribution in [1.29, 1.82) is 0 Å². The smallest absolute Gasteiger partial charge is 0.167 e. The lowest BCUT2D eigenvalue weighted by atomic mass is 10.1. The number of ether oxygens (including phenoxy) is 3. The number of benzene rings is 1. The topological polar surface area (TPSA) is 53.7 Å². The SMILES string of the molecule is COc1cc[13c](OC)c(CC(C)N)c1OC. The summed E-state index contributed by atoms with van der Waals surface area (Å²) in [6.07, 6.45) is 0.684. The van der Waals surface area contributed by atoms with Crippen LogP contribution in [0, 0.1) is 0 Å². The summed E-state index contributed by atoms with van der Waals surface area (Å²) in [7, 11) is 4.86. The maximum Gasteiger partial charge on any atom is 0.167 e. The van der Waals surface area contributed by atoms with Gasteiger partial charge in [-0.3, -0.25) is 0 Å². The summed E-state index contributed by atoms with van der Waals surface area (Å²) >= 11 is 0. The van der Waals surface area contributed by atoms with Crippen molar-refractivity contribution < 1.29 is 14.2 Å². The third kappa shape index (κ3) is 2.58. The molecule has 0 bridgehead atoms. The van der Waals surface area contributed by atoms with E-state index in [2.05, 4.69) is 0 Å². The van der Waals surface area contributed by atoms with Crippen LogP contribution in [0.4, 0.5) is 0 Å². The van der Waals surface area contributed by atoms with Crippen LogP contribution in [0.25, 0.3) is 0 Å². The van der Waals surface area contributed by atoms with Gasteiger partial charge in [-0.15, -0.1) is 0 Å². The van der Waals surface area contributed by atoms with Gasteiger partial charge in [-0.25, -0.2) is 0 Å². The lowest BCUT2D eigenvalue weighted by Gasteiger charge is -2.17. The first kappa shape index (κ1) is 12.6. The second kappa shape index (κ2) is 5.61. The summed E-state index contributed by atoms with van der Waals surface area (Å²) in [5.74, 6) is 2.16. The molecule has 0 saturated carbocycles. The van der Waals surface area contributed by atoms with E-state index in [1.807, 2.05) is 19.1 Å². The summed E-state index contributed by atoms with van der Waals surface area (Å²) in [4.78, 5) is 0. The van der Waals surface area contributed by atoms with E-state index in [1.54, 1.807) is 21.3 Å². The molecule has 2 N–H and O–H groups in total. The highest BCUT2D eigenvalue weighted by Crippen LogP contribution is 2.37. The Bertz CT molecular complexity index is 350.